The Morgan fingerprint density at radius 1 is 1.33 bits per heavy atom. The molecule has 0 bridgehead atoms. The fourth-order valence-electron chi connectivity index (χ4n) is 2.62. The predicted molar refractivity (Wildman–Crippen MR) is 80.7 cm³/mol. The summed E-state index contributed by atoms with van der Waals surface area (Å²) in [7, 11) is 1.60. The number of H-pyrrole nitrogens is 1. The van der Waals surface area contributed by atoms with E-state index >= 15 is 0 Å². The number of fused-ring (bicyclic) bond motifs is 1. The van der Waals surface area contributed by atoms with Gasteiger partial charge in [0.05, 0.1) is 18.4 Å². The number of nitrogens with zero attached hydrogens (tertiary/aromatic N) is 3. The van der Waals surface area contributed by atoms with Gasteiger partial charge >= 0.3 is 0 Å². The highest BCUT2D eigenvalue weighted by molar-refractivity contribution is 6.30. The SMILES string of the molecule is COc1ncccc1-c1[nH]nc2c(C3CC3)cc(Cl)nc12. The van der Waals surface area contributed by atoms with Crippen LogP contribution in [0, 0.1) is 0 Å². The summed E-state index contributed by atoms with van der Waals surface area (Å²) in [6.07, 6.45) is 4.07. The van der Waals surface area contributed by atoms with Crippen molar-refractivity contribution in [1.29, 1.82) is 0 Å². The molecule has 5 nitrogen and oxygen atoms in total. The molecule has 0 spiro atoms. The van der Waals surface area contributed by atoms with Crippen molar-refractivity contribution >= 4 is 22.6 Å². The summed E-state index contributed by atoms with van der Waals surface area (Å²) < 4.78 is 5.32. The average molecular weight is 301 g/mol. The van der Waals surface area contributed by atoms with E-state index in [-0.39, 0.29) is 0 Å². The molecule has 106 valence electrons. The second-order valence-corrected chi connectivity index (χ2v) is 5.55. The lowest BCUT2D eigenvalue weighted by atomic mass is 10.1. The predicted octanol–water partition coefficient (Wildman–Crippen LogP) is 3.56. The highest BCUT2D eigenvalue weighted by Crippen LogP contribution is 2.44. The second kappa shape index (κ2) is 4.70. The summed E-state index contributed by atoms with van der Waals surface area (Å²) in [5.74, 6) is 1.10. The minimum Gasteiger partial charge on any atom is -0.481 e. The van der Waals surface area contributed by atoms with Gasteiger partial charge in [0.25, 0.3) is 0 Å². The van der Waals surface area contributed by atoms with Gasteiger partial charge in [0.15, 0.2) is 0 Å². The zero-order chi connectivity index (χ0) is 14.4. The van der Waals surface area contributed by atoms with Gasteiger partial charge in [-0.3, -0.25) is 5.10 Å². The minimum atomic E-state index is 0.495. The fraction of sp³-hybridized carbons (Fsp3) is 0.267. The van der Waals surface area contributed by atoms with Crippen LogP contribution in [0.2, 0.25) is 5.15 Å². The maximum absolute atomic E-state index is 6.19. The van der Waals surface area contributed by atoms with Gasteiger partial charge in [0, 0.05) is 6.20 Å². The van der Waals surface area contributed by atoms with Crippen molar-refractivity contribution in [2.45, 2.75) is 18.8 Å². The molecule has 0 aliphatic heterocycles. The van der Waals surface area contributed by atoms with E-state index in [9.17, 15) is 0 Å². The molecule has 1 aliphatic carbocycles. The number of aromatic nitrogens is 4. The number of aromatic amines is 1. The molecule has 1 N–H and O–H groups in total. The van der Waals surface area contributed by atoms with Crippen LogP contribution < -0.4 is 4.74 Å². The van der Waals surface area contributed by atoms with Gasteiger partial charge in [-0.2, -0.15) is 5.10 Å². The molecule has 1 saturated carbocycles. The number of hydrogen-bond donors (Lipinski definition) is 1. The molecule has 0 unspecified atom stereocenters. The average Bonchev–Trinajstić information content (AvgIpc) is 3.27. The molecule has 3 heterocycles. The number of nitrogens with one attached hydrogen (secondary N) is 1. The Bertz CT molecular complexity index is 826. The van der Waals surface area contributed by atoms with Crippen LogP contribution >= 0.6 is 11.6 Å². The van der Waals surface area contributed by atoms with Gasteiger partial charge < -0.3 is 4.74 Å². The van der Waals surface area contributed by atoms with Crippen LogP contribution in [-0.2, 0) is 0 Å². The zero-order valence-electron chi connectivity index (χ0n) is 11.4. The maximum Gasteiger partial charge on any atom is 0.222 e. The van der Waals surface area contributed by atoms with E-state index < -0.39 is 0 Å². The summed E-state index contributed by atoms with van der Waals surface area (Å²) in [4.78, 5) is 8.67. The Kier molecular flexibility index (Phi) is 2.82. The van der Waals surface area contributed by atoms with Crippen molar-refractivity contribution in [1.82, 2.24) is 20.2 Å². The first kappa shape index (κ1) is 12.6. The molecule has 6 heteroatoms. The monoisotopic (exact) mass is 300 g/mol. The van der Waals surface area contributed by atoms with Crippen LogP contribution in [-0.4, -0.2) is 27.3 Å². The molecule has 0 aromatic carbocycles. The van der Waals surface area contributed by atoms with Crippen molar-refractivity contribution in [2.75, 3.05) is 7.11 Å². The number of pyridine rings is 2. The quantitative estimate of drug-likeness (QED) is 0.751. The fourth-order valence-corrected chi connectivity index (χ4v) is 2.82. The molecular formula is C15H13ClN4O. The highest BCUT2D eigenvalue weighted by Gasteiger charge is 2.28. The van der Waals surface area contributed by atoms with Gasteiger partial charge in [0.2, 0.25) is 5.88 Å². The standard InChI is InChI=1S/C15H13ClN4O/c1-21-15-9(3-2-6-17-15)12-14-13(20-19-12)10(8-4-5-8)7-11(16)18-14/h2-3,6-8H,4-5H2,1H3,(H,19,20). The lowest BCUT2D eigenvalue weighted by molar-refractivity contribution is 0.399. The smallest absolute Gasteiger partial charge is 0.222 e. The van der Waals surface area contributed by atoms with Gasteiger partial charge in [0.1, 0.15) is 16.2 Å². The zero-order valence-corrected chi connectivity index (χ0v) is 12.2. The van der Waals surface area contributed by atoms with Crippen LogP contribution in [0.15, 0.2) is 24.4 Å². The van der Waals surface area contributed by atoms with Crippen LogP contribution in [0.4, 0.5) is 0 Å². The van der Waals surface area contributed by atoms with Crippen LogP contribution in [0.5, 0.6) is 5.88 Å². The second-order valence-electron chi connectivity index (χ2n) is 5.16. The molecule has 0 radical (unpaired) electrons. The topological polar surface area (TPSA) is 63.7 Å². The van der Waals surface area contributed by atoms with E-state index in [1.807, 2.05) is 18.2 Å². The lowest BCUT2D eigenvalue weighted by Crippen LogP contribution is -1.92. The minimum absolute atomic E-state index is 0.495. The van der Waals surface area contributed by atoms with E-state index in [4.69, 9.17) is 16.3 Å². The van der Waals surface area contributed by atoms with E-state index in [2.05, 4.69) is 20.2 Å². The first-order valence-electron chi connectivity index (χ1n) is 6.82. The summed E-state index contributed by atoms with van der Waals surface area (Å²) >= 11 is 6.19. The van der Waals surface area contributed by atoms with Gasteiger partial charge in [-0.15, -0.1) is 0 Å². The van der Waals surface area contributed by atoms with Crippen molar-refractivity contribution in [3.63, 3.8) is 0 Å². The molecule has 3 aromatic rings. The Morgan fingerprint density at radius 2 is 2.19 bits per heavy atom. The molecule has 4 rings (SSSR count). The first-order valence-corrected chi connectivity index (χ1v) is 7.19. The Balaban J connectivity index is 1.98. The van der Waals surface area contributed by atoms with Crippen molar-refractivity contribution < 1.29 is 4.74 Å². The molecule has 3 aromatic heterocycles. The molecule has 0 atom stereocenters. The van der Waals surface area contributed by atoms with E-state index in [1.54, 1.807) is 13.3 Å². The van der Waals surface area contributed by atoms with Crippen molar-refractivity contribution in [2.24, 2.45) is 0 Å². The van der Waals surface area contributed by atoms with Gasteiger partial charge in [-0.25, -0.2) is 9.97 Å². The molecule has 1 aliphatic rings. The number of hydrogen-bond acceptors (Lipinski definition) is 4. The number of ether oxygens (including phenoxy) is 1. The Morgan fingerprint density at radius 3 is 2.95 bits per heavy atom. The Labute approximate surface area is 126 Å². The number of halogens is 1. The van der Waals surface area contributed by atoms with Gasteiger partial charge in [-0.05, 0) is 42.5 Å². The third kappa shape index (κ3) is 2.05. The maximum atomic E-state index is 6.19. The third-order valence-corrected chi connectivity index (χ3v) is 3.95. The largest absolute Gasteiger partial charge is 0.481 e. The summed E-state index contributed by atoms with van der Waals surface area (Å²) in [5.41, 5.74) is 4.47. The van der Waals surface area contributed by atoms with Crippen LogP contribution in [0.25, 0.3) is 22.3 Å². The molecule has 0 amide bonds. The van der Waals surface area contributed by atoms with E-state index in [1.165, 1.54) is 18.4 Å². The highest BCUT2D eigenvalue weighted by atomic mass is 35.5. The number of methoxy groups -OCH3 is 1. The first-order chi connectivity index (χ1) is 10.3. The summed E-state index contributed by atoms with van der Waals surface area (Å²) in [6, 6.07) is 5.71. The normalized spacial score (nSPS) is 14.6. The van der Waals surface area contributed by atoms with E-state index in [0.29, 0.717) is 17.0 Å². The third-order valence-electron chi connectivity index (χ3n) is 3.76. The van der Waals surface area contributed by atoms with Gasteiger partial charge in [-0.1, -0.05) is 11.6 Å². The lowest BCUT2D eigenvalue weighted by Gasteiger charge is -2.05. The Hall–Kier alpha value is -2.14. The van der Waals surface area contributed by atoms with Crippen LogP contribution in [0.3, 0.4) is 0 Å². The molecular weight excluding hydrogens is 288 g/mol. The summed E-state index contributed by atoms with van der Waals surface area (Å²) in [5, 5.41) is 8.00. The van der Waals surface area contributed by atoms with Crippen molar-refractivity contribution in [3.05, 3.63) is 35.1 Å². The molecule has 21 heavy (non-hydrogen) atoms. The van der Waals surface area contributed by atoms with Crippen LogP contribution in [0.1, 0.15) is 24.3 Å². The van der Waals surface area contributed by atoms with E-state index in [0.717, 1.165) is 22.3 Å². The molecule has 1 fully saturated rings. The number of rotatable bonds is 3. The summed E-state index contributed by atoms with van der Waals surface area (Å²) in [6.45, 7) is 0. The van der Waals surface area contributed by atoms with Crippen molar-refractivity contribution in [3.8, 4) is 17.1 Å². The molecule has 0 saturated heterocycles.